The number of aromatic nitrogens is 2. The van der Waals surface area contributed by atoms with Crippen LogP contribution in [0.4, 0.5) is 0 Å². The second-order valence-electron chi connectivity index (χ2n) is 6.62. The van der Waals surface area contributed by atoms with Crippen molar-refractivity contribution >= 4 is 86.3 Å². The molecule has 2 unspecified atom stereocenters. The first-order valence-electron chi connectivity index (χ1n) is 9.23. The number of hydrogen-bond acceptors (Lipinski definition) is 8. The Morgan fingerprint density at radius 2 is 1.14 bits per heavy atom. The summed E-state index contributed by atoms with van der Waals surface area (Å²) in [6, 6.07) is 16.9. The van der Waals surface area contributed by atoms with Gasteiger partial charge < -0.3 is 0 Å². The van der Waals surface area contributed by atoms with Gasteiger partial charge in [0.25, 0.3) is 0 Å². The number of nitrogens with zero attached hydrogens (tertiary/aromatic N) is 2. The first-order chi connectivity index (χ1) is 13.8. The number of thiazole rings is 2. The summed E-state index contributed by atoms with van der Waals surface area (Å²) in [7, 11) is 7.80. The average Bonchev–Trinajstić information content (AvgIpc) is 3.34. The first kappa shape index (κ1) is 19.6. The van der Waals surface area contributed by atoms with Crippen molar-refractivity contribution in [1.29, 1.82) is 0 Å². The molecule has 2 nitrogen and oxygen atoms in total. The van der Waals surface area contributed by atoms with Crippen LogP contribution in [0.1, 0.15) is 25.7 Å². The van der Waals surface area contributed by atoms with Crippen LogP contribution in [0, 0.1) is 0 Å². The molecule has 8 heteroatoms. The summed E-state index contributed by atoms with van der Waals surface area (Å²) in [5, 5.41) is 1.36. The summed E-state index contributed by atoms with van der Waals surface area (Å²) in [6.45, 7) is 0. The fraction of sp³-hybridized carbons (Fsp3) is 0.300. The minimum atomic E-state index is 0.678. The van der Waals surface area contributed by atoms with E-state index in [1.54, 1.807) is 0 Å². The van der Waals surface area contributed by atoms with Crippen molar-refractivity contribution in [2.24, 2.45) is 0 Å². The summed E-state index contributed by atoms with van der Waals surface area (Å²) >= 11 is 3.62. The van der Waals surface area contributed by atoms with E-state index >= 15 is 0 Å². The van der Waals surface area contributed by atoms with E-state index in [2.05, 4.69) is 48.5 Å². The fourth-order valence-electron chi connectivity index (χ4n) is 3.26. The molecule has 144 valence electrons. The number of para-hydroxylation sites is 2. The topological polar surface area (TPSA) is 25.8 Å². The molecule has 1 fully saturated rings. The molecule has 0 spiro atoms. The molecule has 5 rings (SSSR count). The largest absolute Gasteiger partial charge is 0.229 e. The Bertz CT molecular complexity index is 923. The van der Waals surface area contributed by atoms with E-state index in [-0.39, 0.29) is 0 Å². The van der Waals surface area contributed by atoms with Gasteiger partial charge in [-0.15, -0.1) is 22.7 Å². The van der Waals surface area contributed by atoms with Crippen LogP contribution in [0.3, 0.4) is 0 Å². The fourth-order valence-corrected chi connectivity index (χ4v) is 12.1. The molecule has 2 heterocycles. The van der Waals surface area contributed by atoms with Crippen LogP contribution >= 0.6 is 65.8 Å². The molecule has 0 saturated heterocycles. The second kappa shape index (κ2) is 9.18. The molecule has 0 amide bonds. The summed E-state index contributed by atoms with van der Waals surface area (Å²) in [4.78, 5) is 9.56. The van der Waals surface area contributed by atoms with Gasteiger partial charge in [-0.1, -0.05) is 58.7 Å². The van der Waals surface area contributed by atoms with Gasteiger partial charge in [-0.2, -0.15) is 0 Å². The van der Waals surface area contributed by atoms with Crippen LogP contribution in [-0.4, -0.2) is 20.5 Å². The lowest BCUT2D eigenvalue weighted by Crippen LogP contribution is -2.22. The Morgan fingerprint density at radius 3 is 1.61 bits per heavy atom. The van der Waals surface area contributed by atoms with Crippen molar-refractivity contribution in [1.82, 2.24) is 9.97 Å². The van der Waals surface area contributed by atoms with E-state index < -0.39 is 0 Å². The van der Waals surface area contributed by atoms with E-state index in [1.807, 2.05) is 65.8 Å². The van der Waals surface area contributed by atoms with Gasteiger partial charge in [0.2, 0.25) is 0 Å². The molecular formula is C20H18N2S6. The van der Waals surface area contributed by atoms with E-state index in [1.165, 1.54) is 43.8 Å². The quantitative estimate of drug-likeness (QED) is 0.258. The van der Waals surface area contributed by atoms with Gasteiger partial charge in [0.15, 0.2) is 8.68 Å². The SMILES string of the molecule is c1ccc2sc(SSC3CCCCC3SSc3nc4ccccc4s3)nc2c1. The number of rotatable bonds is 6. The molecule has 28 heavy (non-hydrogen) atoms. The maximum atomic E-state index is 4.78. The van der Waals surface area contributed by atoms with Crippen molar-refractivity contribution in [2.45, 2.75) is 44.9 Å². The normalized spacial score (nSPS) is 20.1. The number of fused-ring (bicyclic) bond motifs is 2. The second-order valence-corrected chi connectivity index (χ2v) is 14.1. The Balaban J connectivity index is 1.21. The van der Waals surface area contributed by atoms with Crippen molar-refractivity contribution in [3.8, 4) is 0 Å². The maximum Gasteiger partial charge on any atom is 0.161 e. The van der Waals surface area contributed by atoms with E-state index in [9.17, 15) is 0 Å². The van der Waals surface area contributed by atoms with Gasteiger partial charge in [-0.05, 0) is 58.7 Å². The van der Waals surface area contributed by atoms with Gasteiger partial charge >= 0.3 is 0 Å². The van der Waals surface area contributed by atoms with E-state index in [4.69, 9.17) is 9.97 Å². The van der Waals surface area contributed by atoms with Gasteiger partial charge in [-0.25, -0.2) is 9.97 Å². The van der Waals surface area contributed by atoms with Crippen molar-refractivity contribution in [2.75, 3.05) is 0 Å². The van der Waals surface area contributed by atoms with Crippen LogP contribution < -0.4 is 0 Å². The molecule has 0 radical (unpaired) electrons. The van der Waals surface area contributed by atoms with Gasteiger partial charge in [0.1, 0.15) is 0 Å². The lowest BCUT2D eigenvalue weighted by atomic mass is 10.00. The molecule has 0 aliphatic heterocycles. The third-order valence-corrected chi connectivity index (χ3v) is 13.4. The smallest absolute Gasteiger partial charge is 0.161 e. The minimum absolute atomic E-state index is 0.678. The molecule has 1 aliphatic rings. The predicted octanol–water partition coefficient (Wildman–Crippen LogP) is 8.40. The molecule has 2 aromatic carbocycles. The van der Waals surface area contributed by atoms with Crippen LogP contribution in [-0.2, 0) is 0 Å². The number of hydrogen-bond donors (Lipinski definition) is 0. The van der Waals surface area contributed by atoms with Crippen LogP contribution in [0.15, 0.2) is 57.2 Å². The highest BCUT2D eigenvalue weighted by molar-refractivity contribution is 8.79. The highest BCUT2D eigenvalue weighted by Gasteiger charge is 2.28. The summed E-state index contributed by atoms with van der Waals surface area (Å²) in [5.74, 6) is 0. The van der Waals surface area contributed by atoms with Crippen LogP contribution in [0.5, 0.6) is 0 Å². The molecule has 2 atom stereocenters. The lowest BCUT2D eigenvalue weighted by molar-refractivity contribution is 0.531. The Hall–Kier alpha value is -0.380. The Morgan fingerprint density at radius 1 is 0.679 bits per heavy atom. The average molecular weight is 479 g/mol. The summed E-state index contributed by atoms with van der Waals surface area (Å²) in [5.41, 5.74) is 2.24. The maximum absolute atomic E-state index is 4.78. The predicted molar refractivity (Wildman–Crippen MR) is 132 cm³/mol. The van der Waals surface area contributed by atoms with Gasteiger partial charge in [-0.3, -0.25) is 0 Å². The van der Waals surface area contributed by atoms with Crippen LogP contribution in [0.2, 0.25) is 0 Å². The third kappa shape index (κ3) is 4.52. The Labute approximate surface area is 188 Å². The van der Waals surface area contributed by atoms with Crippen LogP contribution in [0.25, 0.3) is 20.4 Å². The summed E-state index contributed by atoms with van der Waals surface area (Å²) in [6.07, 6.45) is 5.31. The molecule has 2 aromatic heterocycles. The zero-order valence-electron chi connectivity index (χ0n) is 14.9. The van der Waals surface area contributed by atoms with Gasteiger partial charge in [0.05, 0.1) is 20.4 Å². The highest BCUT2D eigenvalue weighted by Crippen LogP contribution is 2.49. The first-order valence-corrected chi connectivity index (χ1v) is 15.3. The molecule has 1 aliphatic carbocycles. The number of benzene rings is 2. The Kier molecular flexibility index (Phi) is 6.42. The van der Waals surface area contributed by atoms with E-state index in [0.29, 0.717) is 10.5 Å². The monoisotopic (exact) mass is 478 g/mol. The zero-order valence-corrected chi connectivity index (χ0v) is 19.8. The molecule has 0 N–H and O–H groups in total. The summed E-state index contributed by atoms with van der Waals surface area (Å²) < 4.78 is 4.93. The molecule has 1 saturated carbocycles. The molecule has 0 bridgehead atoms. The lowest BCUT2D eigenvalue weighted by Gasteiger charge is -2.29. The zero-order chi connectivity index (χ0) is 18.8. The van der Waals surface area contributed by atoms with Gasteiger partial charge in [0, 0.05) is 10.5 Å². The van der Waals surface area contributed by atoms with E-state index in [0.717, 1.165) is 11.0 Å². The third-order valence-electron chi connectivity index (χ3n) is 4.68. The highest BCUT2D eigenvalue weighted by atomic mass is 33.1. The molecule has 4 aromatic rings. The minimum Gasteiger partial charge on any atom is -0.229 e. The van der Waals surface area contributed by atoms with Crippen molar-refractivity contribution in [3.05, 3.63) is 48.5 Å². The standard InChI is InChI=1S/C20H18N2S6/c1-3-9-15-13(7-1)21-19(23-15)27-25-17-11-5-6-12-18(17)26-28-20-22-14-8-2-4-10-16(14)24-20/h1-4,7-10,17-18H,5-6,11-12H2. The van der Waals surface area contributed by atoms with Crippen molar-refractivity contribution in [3.63, 3.8) is 0 Å². The van der Waals surface area contributed by atoms with Crippen molar-refractivity contribution < 1.29 is 0 Å². The molecular weight excluding hydrogens is 461 g/mol.